The molecule has 0 saturated carbocycles. The molecular formula is C8H11N5S. The lowest BCUT2D eigenvalue weighted by Gasteiger charge is -2.20. The summed E-state index contributed by atoms with van der Waals surface area (Å²) in [5.41, 5.74) is 0. The van der Waals surface area contributed by atoms with E-state index in [9.17, 15) is 0 Å². The van der Waals surface area contributed by atoms with Gasteiger partial charge in [0.2, 0.25) is 0 Å². The Morgan fingerprint density at radius 3 is 2.86 bits per heavy atom. The molecule has 14 heavy (non-hydrogen) atoms. The second kappa shape index (κ2) is 3.53. The molecule has 2 heterocycles. The zero-order valence-electron chi connectivity index (χ0n) is 8.30. The van der Waals surface area contributed by atoms with Crippen LogP contribution in [0.15, 0.2) is 20.0 Å². The second-order valence-electron chi connectivity index (χ2n) is 3.11. The van der Waals surface area contributed by atoms with Crippen molar-refractivity contribution in [2.45, 2.75) is 6.04 Å². The smallest absolute Gasteiger partial charge is 0.185 e. The van der Waals surface area contributed by atoms with Crippen LogP contribution in [0.1, 0.15) is 0 Å². The van der Waals surface area contributed by atoms with Crippen LogP contribution in [-0.4, -0.2) is 54.5 Å². The molecule has 2 aliphatic heterocycles. The van der Waals surface area contributed by atoms with Crippen molar-refractivity contribution in [2.75, 3.05) is 20.4 Å². The van der Waals surface area contributed by atoms with E-state index in [1.165, 1.54) is 18.1 Å². The highest BCUT2D eigenvalue weighted by molar-refractivity contribution is 8.13. The van der Waals surface area contributed by atoms with E-state index in [0.29, 0.717) is 0 Å². The quantitative estimate of drug-likeness (QED) is 0.583. The van der Waals surface area contributed by atoms with Crippen LogP contribution in [0.5, 0.6) is 0 Å². The van der Waals surface area contributed by atoms with E-state index in [-0.39, 0.29) is 6.04 Å². The van der Waals surface area contributed by atoms with Crippen LogP contribution in [0.3, 0.4) is 0 Å². The van der Waals surface area contributed by atoms with Gasteiger partial charge in [0.25, 0.3) is 0 Å². The Morgan fingerprint density at radius 1 is 1.43 bits per heavy atom. The fraction of sp³-hybridized carbons (Fsp3) is 0.500. The number of aliphatic imine (C=N–C) groups is 4. The molecule has 0 N–H and O–H groups in total. The summed E-state index contributed by atoms with van der Waals surface area (Å²) >= 11 is 1.53. The Labute approximate surface area is 86.7 Å². The van der Waals surface area contributed by atoms with E-state index in [1.54, 1.807) is 0 Å². The monoisotopic (exact) mass is 209 g/mol. The molecule has 0 aromatic carbocycles. The largest absolute Gasteiger partial charge is 0.364 e. The first-order chi connectivity index (χ1) is 6.72. The summed E-state index contributed by atoms with van der Waals surface area (Å²) in [6.07, 6.45) is 3.49. The first kappa shape index (κ1) is 9.39. The number of nitrogens with zero attached hydrogens (tertiary/aromatic N) is 5. The van der Waals surface area contributed by atoms with Gasteiger partial charge >= 0.3 is 0 Å². The molecule has 0 radical (unpaired) electrons. The zero-order chi connectivity index (χ0) is 10.1. The second-order valence-corrected chi connectivity index (χ2v) is 3.89. The Hall–Kier alpha value is -1.17. The minimum atomic E-state index is -0.0996. The molecule has 0 aromatic heterocycles. The average Bonchev–Trinajstić information content (AvgIpc) is 2.59. The molecule has 1 unspecified atom stereocenters. The van der Waals surface area contributed by atoms with Crippen LogP contribution >= 0.6 is 11.8 Å². The molecule has 6 heteroatoms. The van der Waals surface area contributed by atoms with Crippen molar-refractivity contribution in [3.8, 4) is 0 Å². The van der Waals surface area contributed by atoms with Gasteiger partial charge in [-0.2, -0.15) is 0 Å². The van der Waals surface area contributed by atoms with Gasteiger partial charge < -0.3 is 4.90 Å². The van der Waals surface area contributed by atoms with Gasteiger partial charge in [-0.05, 0) is 6.26 Å². The van der Waals surface area contributed by atoms with Crippen LogP contribution in [0.25, 0.3) is 0 Å². The topological polar surface area (TPSA) is 52.7 Å². The van der Waals surface area contributed by atoms with Crippen molar-refractivity contribution in [3.63, 3.8) is 0 Å². The number of thioether (sulfide) groups is 1. The zero-order valence-corrected chi connectivity index (χ0v) is 9.12. The number of amidine groups is 3. The highest BCUT2D eigenvalue weighted by Gasteiger charge is 2.30. The fourth-order valence-electron chi connectivity index (χ4n) is 1.31. The number of fused-ring (bicyclic) bond motifs is 1. The van der Waals surface area contributed by atoms with Crippen LogP contribution in [0, 0.1) is 0 Å². The van der Waals surface area contributed by atoms with Crippen molar-refractivity contribution in [3.05, 3.63) is 0 Å². The predicted octanol–water partition coefficient (Wildman–Crippen LogP) is 0.488. The van der Waals surface area contributed by atoms with Crippen molar-refractivity contribution >= 4 is 34.9 Å². The normalized spacial score (nSPS) is 23.9. The van der Waals surface area contributed by atoms with Gasteiger partial charge in [0.15, 0.2) is 17.0 Å². The minimum absolute atomic E-state index is 0.0996. The van der Waals surface area contributed by atoms with Crippen LogP contribution in [0.2, 0.25) is 0 Å². The van der Waals surface area contributed by atoms with E-state index in [1.807, 2.05) is 25.3 Å². The maximum atomic E-state index is 4.42. The third kappa shape index (κ3) is 1.45. The molecule has 0 saturated heterocycles. The third-order valence-corrected chi connectivity index (χ3v) is 2.52. The number of hydrogen-bond acceptors (Lipinski definition) is 6. The first-order valence-electron chi connectivity index (χ1n) is 4.20. The van der Waals surface area contributed by atoms with Crippen LogP contribution in [0.4, 0.5) is 0 Å². The van der Waals surface area contributed by atoms with Crippen molar-refractivity contribution in [1.29, 1.82) is 0 Å². The molecule has 0 amide bonds. The van der Waals surface area contributed by atoms with Crippen molar-refractivity contribution < 1.29 is 0 Å². The fourth-order valence-corrected chi connectivity index (χ4v) is 1.70. The van der Waals surface area contributed by atoms with E-state index < -0.39 is 0 Å². The van der Waals surface area contributed by atoms with Crippen molar-refractivity contribution in [2.24, 2.45) is 20.0 Å². The average molecular weight is 209 g/mol. The van der Waals surface area contributed by atoms with Crippen LogP contribution in [-0.2, 0) is 0 Å². The summed E-state index contributed by atoms with van der Waals surface area (Å²) in [5.74, 6) is 1.64. The third-order valence-electron chi connectivity index (χ3n) is 1.96. The lowest BCUT2D eigenvalue weighted by atomic mass is 10.2. The summed E-state index contributed by atoms with van der Waals surface area (Å²) in [5, 5.41) is 0.776. The van der Waals surface area contributed by atoms with Crippen LogP contribution < -0.4 is 0 Å². The number of likely N-dealkylation sites (N-methyl/N-ethyl adjacent to an activating group) is 1. The summed E-state index contributed by atoms with van der Waals surface area (Å²) < 4.78 is 0. The maximum absolute atomic E-state index is 4.42. The summed E-state index contributed by atoms with van der Waals surface area (Å²) in [7, 11) is 3.89. The Balaban J connectivity index is 2.33. The van der Waals surface area contributed by atoms with E-state index in [0.717, 1.165) is 16.8 Å². The molecule has 0 spiro atoms. The van der Waals surface area contributed by atoms with Gasteiger partial charge in [-0.1, -0.05) is 11.8 Å². The molecule has 5 nitrogen and oxygen atoms in total. The lowest BCUT2D eigenvalue weighted by Crippen LogP contribution is -2.38. The molecule has 0 aliphatic carbocycles. The molecule has 2 aliphatic rings. The summed E-state index contributed by atoms with van der Waals surface area (Å²) in [4.78, 5) is 18.9. The Bertz CT molecular complexity index is 366. The lowest BCUT2D eigenvalue weighted by molar-refractivity contribution is 0.605. The molecule has 0 fully saturated rings. The Kier molecular flexibility index (Phi) is 2.37. The highest BCUT2D eigenvalue weighted by atomic mass is 32.2. The van der Waals surface area contributed by atoms with Gasteiger partial charge in [-0.3, -0.25) is 0 Å². The molecule has 0 aromatic rings. The van der Waals surface area contributed by atoms with E-state index >= 15 is 0 Å². The number of rotatable bonds is 0. The Morgan fingerprint density at radius 2 is 2.21 bits per heavy atom. The number of hydrogen-bond donors (Lipinski definition) is 0. The molecular weight excluding hydrogens is 198 g/mol. The maximum Gasteiger partial charge on any atom is 0.185 e. The van der Waals surface area contributed by atoms with Gasteiger partial charge in [0, 0.05) is 14.1 Å². The molecule has 0 bridgehead atoms. The standard InChI is InChI=1S/C8H11N5S/c1-13(2)7-5-6(9-4-10-7)12-8(11-5)14-3/h4-5H,1-3H3. The molecule has 74 valence electrons. The van der Waals surface area contributed by atoms with Gasteiger partial charge in [0.1, 0.15) is 12.2 Å². The summed E-state index contributed by atoms with van der Waals surface area (Å²) in [6.45, 7) is 0. The van der Waals surface area contributed by atoms with Crippen molar-refractivity contribution in [1.82, 2.24) is 4.90 Å². The molecule has 2 rings (SSSR count). The minimum Gasteiger partial charge on any atom is -0.364 e. The van der Waals surface area contributed by atoms with Gasteiger partial charge in [-0.15, -0.1) is 0 Å². The SMILES string of the molecule is CSC1=NC2C(=N1)N=CN=C2N(C)C. The first-order valence-corrected chi connectivity index (χ1v) is 5.43. The predicted molar refractivity (Wildman–Crippen MR) is 61.8 cm³/mol. The van der Waals surface area contributed by atoms with Gasteiger partial charge in [0.05, 0.1) is 0 Å². The summed E-state index contributed by atoms with van der Waals surface area (Å²) in [6, 6.07) is -0.0996. The van der Waals surface area contributed by atoms with E-state index in [4.69, 9.17) is 0 Å². The molecule has 1 atom stereocenters. The highest BCUT2D eigenvalue weighted by Crippen LogP contribution is 2.17. The van der Waals surface area contributed by atoms with Gasteiger partial charge in [-0.25, -0.2) is 20.0 Å². The van der Waals surface area contributed by atoms with E-state index in [2.05, 4.69) is 20.0 Å².